The van der Waals surface area contributed by atoms with E-state index in [-0.39, 0.29) is 18.7 Å². The second kappa shape index (κ2) is 10.2. The summed E-state index contributed by atoms with van der Waals surface area (Å²) < 4.78 is 5.13. The predicted molar refractivity (Wildman–Crippen MR) is 110 cm³/mol. The van der Waals surface area contributed by atoms with E-state index >= 15 is 0 Å². The summed E-state index contributed by atoms with van der Waals surface area (Å²) in [6.45, 7) is 7.80. The summed E-state index contributed by atoms with van der Waals surface area (Å²) in [6.07, 6.45) is 1.86. The molecule has 1 amide bonds. The zero-order valence-corrected chi connectivity index (χ0v) is 16.7. The minimum absolute atomic E-state index is 0.138. The summed E-state index contributed by atoms with van der Waals surface area (Å²) >= 11 is 1.27. The fourth-order valence-corrected chi connectivity index (χ4v) is 3.24. The summed E-state index contributed by atoms with van der Waals surface area (Å²) in [5.74, 6) is -1.06. The Morgan fingerprint density at radius 3 is 2.71 bits per heavy atom. The molecule has 0 aliphatic heterocycles. The van der Waals surface area contributed by atoms with Crippen LogP contribution in [0.1, 0.15) is 28.0 Å². The number of thiazole rings is 1. The van der Waals surface area contributed by atoms with Gasteiger partial charge in [0.2, 0.25) is 0 Å². The Bertz CT molecular complexity index is 881. The van der Waals surface area contributed by atoms with E-state index in [1.807, 2.05) is 38.1 Å². The molecule has 0 fully saturated rings. The molecular formula is C20H22N4O3S. The third-order valence-corrected chi connectivity index (χ3v) is 4.50. The number of nitrogens with zero attached hydrogens (tertiary/aromatic N) is 3. The number of carbonyl (C=O) groups is 2. The Labute approximate surface area is 168 Å². The molecular weight excluding hydrogens is 376 g/mol. The van der Waals surface area contributed by atoms with E-state index in [9.17, 15) is 9.59 Å². The van der Waals surface area contributed by atoms with Crippen LogP contribution in [0.2, 0.25) is 0 Å². The van der Waals surface area contributed by atoms with Crippen LogP contribution in [0, 0.1) is 25.2 Å². The minimum Gasteiger partial charge on any atom is -0.451 e. The van der Waals surface area contributed by atoms with Crippen LogP contribution in [-0.2, 0) is 9.53 Å². The number of aryl methyl sites for hydroxylation is 2. The van der Waals surface area contributed by atoms with E-state index in [0.717, 1.165) is 11.1 Å². The molecule has 0 aliphatic rings. The molecule has 0 saturated heterocycles. The molecule has 2 aromatic rings. The molecule has 0 spiro atoms. The monoisotopic (exact) mass is 398 g/mol. The fraction of sp³-hybridized carbons (Fsp3) is 0.300. The van der Waals surface area contributed by atoms with Gasteiger partial charge in [-0.3, -0.25) is 4.79 Å². The Kier molecular flexibility index (Phi) is 7.72. The lowest BCUT2D eigenvalue weighted by molar-refractivity contribution is -0.121. The van der Waals surface area contributed by atoms with Gasteiger partial charge >= 0.3 is 5.97 Å². The van der Waals surface area contributed by atoms with Crippen LogP contribution in [-0.4, -0.2) is 36.6 Å². The van der Waals surface area contributed by atoms with Crippen molar-refractivity contribution in [2.24, 2.45) is 0 Å². The first-order valence-electron chi connectivity index (χ1n) is 8.67. The van der Waals surface area contributed by atoms with Crippen molar-refractivity contribution < 1.29 is 14.3 Å². The van der Waals surface area contributed by atoms with Crippen molar-refractivity contribution in [3.8, 4) is 6.07 Å². The molecule has 0 saturated carbocycles. The van der Waals surface area contributed by atoms with Gasteiger partial charge in [0.25, 0.3) is 5.91 Å². The third kappa shape index (κ3) is 5.93. The van der Waals surface area contributed by atoms with E-state index < -0.39 is 18.5 Å². The molecule has 8 heteroatoms. The largest absolute Gasteiger partial charge is 0.451 e. The lowest BCUT2D eigenvalue weighted by atomic mass is 10.1. The number of ether oxygens (including phenoxy) is 1. The topological polar surface area (TPSA) is 95.3 Å². The molecule has 7 nitrogen and oxygen atoms in total. The molecule has 28 heavy (non-hydrogen) atoms. The molecule has 1 heterocycles. The quantitative estimate of drug-likeness (QED) is 0.513. The molecule has 0 aliphatic carbocycles. The van der Waals surface area contributed by atoms with Crippen LogP contribution in [0.4, 0.5) is 10.8 Å². The molecule has 1 N–H and O–H groups in total. The Hall–Kier alpha value is -3.18. The standard InChI is InChI=1S/C20H22N4O3S/c1-4-7-22-20-23-17(13-28-20)19(26)27-12-18(25)24(8-5-6-21)16-10-14(2)9-15(3)11-16/h4,9-11,13H,1,5,7-8,12H2,2-3H3,(H,22,23). The average molecular weight is 398 g/mol. The number of anilines is 2. The highest BCUT2D eigenvalue weighted by Crippen LogP contribution is 2.20. The van der Waals surface area contributed by atoms with Gasteiger partial charge in [-0.2, -0.15) is 5.26 Å². The van der Waals surface area contributed by atoms with Crippen LogP contribution in [0.5, 0.6) is 0 Å². The van der Waals surface area contributed by atoms with E-state index in [1.165, 1.54) is 16.2 Å². The van der Waals surface area contributed by atoms with E-state index in [0.29, 0.717) is 17.4 Å². The Morgan fingerprint density at radius 1 is 1.36 bits per heavy atom. The lowest BCUT2D eigenvalue weighted by Crippen LogP contribution is -2.35. The first-order chi connectivity index (χ1) is 13.4. The van der Waals surface area contributed by atoms with Crippen LogP contribution in [0.3, 0.4) is 0 Å². The number of amides is 1. The molecule has 1 aromatic heterocycles. The summed E-state index contributed by atoms with van der Waals surface area (Å²) in [4.78, 5) is 30.4. The van der Waals surface area contributed by atoms with E-state index in [2.05, 4.69) is 16.9 Å². The predicted octanol–water partition coefficient (Wildman–Crippen LogP) is 3.46. The third-order valence-electron chi connectivity index (χ3n) is 3.70. The van der Waals surface area contributed by atoms with Gasteiger partial charge in [-0.05, 0) is 37.1 Å². The maximum atomic E-state index is 12.7. The van der Waals surface area contributed by atoms with Crippen molar-refractivity contribution in [1.82, 2.24) is 4.98 Å². The normalized spacial score (nSPS) is 10.0. The van der Waals surface area contributed by atoms with Crippen molar-refractivity contribution in [2.75, 3.05) is 29.9 Å². The highest BCUT2D eigenvalue weighted by atomic mass is 32.1. The van der Waals surface area contributed by atoms with Crippen molar-refractivity contribution in [1.29, 1.82) is 5.26 Å². The van der Waals surface area contributed by atoms with Crippen molar-refractivity contribution in [3.63, 3.8) is 0 Å². The van der Waals surface area contributed by atoms with Crippen molar-refractivity contribution >= 4 is 34.0 Å². The summed E-state index contributed by atoms with van der Waals surface area (Å²) in [5.41, 5.74) is 2.82. The minimum atomic E-state index is -0.670. The zero-order chi connectivity index (χ0) is 20.5. The van der Waals surface area contributed by atoms with Crippen LogP contribution in [0.25, 0.3) is 0 Å². The van der Waals surface area contributed by atoms with Crippen LogP contribution >= 0.6 is 11.3 Å². The molecule has 0 bridgehead atoms. The molecule has 0 atom stereocenters. The van der Waals surface area contributed by atoms with Gasteiger partial charge < -0.3 is 15.0 Å². The van der Waals surface area contributed by atoms with Crippen LogP contribution in [0.15, 0.2) is 36.2 Å². The molecule has 146 valence electrons. The Morgan fingerprint density at radius 2 is 2.07 bits per heavy atom. The number of carbonyl (C=O) groups excluding carboxylic acids is 2. The van der Waals surface area contributed by atoms with Crippen molar-refractivity contribution in [3.05, 3.63) is 53.1 Å². The van der Waals surface area contributed by atoms with Gasteiger partial charge in [-0.15, -0.1) is 17.9 Å². The summed E-state index contributed by atoms with van der Waals surface area (Å²) in [6, 6.07) is 7.76. The maximum absolute atomic E-state index is 12.7. The number of nitrogens with one attached hydrogen (secondary N) is 1. The average Bonchev–Trinajstić information content (AvgIpc) is 3.13. The SMILES string of the molecule is C=CCNc1nc(C(=O)OCC(=O)N(CCC#N)c2cc(C)cc(C)c2)cs1. The highest BCUT2D eigenvalue weighted by Gasteiger charge is 2.20. The smallest absolute Gasteiger partial charge is 0.358 e. The number of hydrogen-bond acceptors (Lipinski definition) is 7. The van der Waals surface area contributed by atoms with Gasteiger partial charge in [-0.25, -0.2) is 9.78 Å². The first kappa shape index (κ1) is 21.1. The number of nitriles is 1. The molecule has 1 aromatic carbocycles. The number of aromatic nitrogens is 1. The van der Waals surface area contributed by atoms with Gasteiger partial charge in [-0.1, -0.05) is 12.1 Å². The summed E-state index contributed by atoms with van der Waals surface area (Å²) in [5, 5.41) is 14.0. The molecule has 0 radical (unpaired) electrons. The number of rotatable bonds is 9. The molecule has 0 unspecified atom stereocenters. The van der Waals surface area contributed by atoms with Crippen LogP contribution < -0.4 is 10.2 Å². The number of esters is 1. The van der Waals surface area contributed by atoms with Gasteiger partial charge in [0, 0.05) is 24.2 Å². The van der Waals surface area contributed by atoms with E-state index in [1.54, 1.807) is 11.5 Å². The van der Waals surface area contributed by atoms with Gasteiger partial charge in [0.05, 0.1) is 12.5 Å². The Balaban J connectivity index is 2.04. The molecule has 2 rings (SSSR count). The highest BCUT2D eigenvalue weighted by molar-refractivity contribution is 7.13. The van der Waals surface area contributed by atoms with Crippen molar-refractivity contribution in [2.45, 2.75) is 20.3 Å². The summed E-state index contributed by atoms with van der Waals surface area (Å²) in [7, 11) is 0. The second-order valence-electron chi connectivity index (χ2n) is 6.08. The maximum Gasteiger partial charge on any atom is 0.358 e. The lowest BCUT2D eigenvalue weighted by Gasteiger charge is -2.22. The number of hydrogen-bond donors (Lipinski definition) is 1. The van der Waals surface area contributed by atoms with Gasteiger partial charge in [0.15, 0.2) is 17.4 Å². The van der Waals surface area contributed by atoms with Gasteiger partial charge in [0.1, 0.15) is 0 Å². The number of benzene rings is 1. The fourth-order valence-electron chi connectivity index (χ4n) is 2.55. The van der Waals surface area contributed by atoms with E-state index in [4.69, 9.17) is 10.00 Å². The second-order valence-corrected chi connectivity index (χ2v) is 6.94. The zero-order valence-electron chi connectivity index (χ0n) is 15.9. The first-order valence-corrected chi connectivity index (χ1v) is 9.55.